The summed E-state index contributed by atoms with van der Waals surface area (Å²) in [5, 5.41) is 2.92. The molecule has 5 nitrogen and oxygen atoms in total. The van der Waals surface area contributed by atoms with Crippen molar-refractivity contribution in [1.29, 1.82) is 0 Å². The predicted octanol–water partition coefficient (Wildman–Crippen LogP) is 4.79. The van der Waals surface area contributed by atoms with Gasteiger partial charge in [0.2, 0.25) is 0 Å². The number of amides is 1. The van der Waals surface area contributed by atoms with Crippen LogP contribution in [0.4, 0.5) is 5.69 Å². The molecule has 3 aromatic rings. The molecular formula is C25H28N2O3S2. The Balaban J connectivity index is 1.52. The summed E-state index contributed by atoms with van der Waals surface area (Å²) in [7, 11) is -2.15. The Morgan fingerprint density at radius 1 is 0.938 bits per heavy atom. The van der Waals surface area contributed by atoms with Crippen molar-refractivity contribution in [3.63, 3.8) is 0 Å². The summed E-state index contributed by atoms with van der Waals surface area (Å²) in [6.45, 7) is 4.56. The van der Waals surface area contributed by atoms with Crippen LogP contribution in [0.5, 0.6) is 0 Å². The molecule has 3 rings (SSSR count). The molecule has 0 radical (unpaired) electrons. The van der Waals surface area contributed by atoms with E-state index in [1.165, 1.54) is 22.5 Å². The average Bonchev–Trinajstić information content (AvgIpc) is 2.78. The number of hydrogen-bond donors (Lipinski definition) is 1. The standard InChI is InChI=1S/C25H28N2O3S2/c1-19-7-13-24(14-8-19)32(29,30)27(3)23-11-9-22(10-12-23)25(28)26-15-16-31-18-21-6-4-5-20(2)17-21/h4-14,17H,15-16,18H2,1-3H3,(H,26,28). The van der Waals surface area contributed by atoms with Crippen LogP contribution in [0, 0.1) is 13.8 Å². The van der Waals surface area contributed by atoms with Crippen molar-refractivity contribution >= 4 is 33.4 Å². The molecule has 0 aliphatic carbocycles. The summed E-state index contributed by atoms with van der Waals surface area (Å²) in [6, 6.07) is 21.7. The van der Waals surface area contributed by atoms with E-state index in [4.69, 9.17) is 0 Å². The highest BCUT2D eigenvalue weighted by atomic mass is 32.2. The number of nitrogens with one attached hydrogen (secondary N) is 1. The monoisotopic (exact) mass is 468 g/mol. The first-order chi connectivity index (χ1) is 15.3. The zero-order valence-electron chi connectivity index (χ0n) is 18.5. The van der Waals surface area contributed by atoms with Crippen molar-refractivity contribution in [1.82, 2.24) is 5.32 Å². The van der Waals surface area contributed by atoms with Gasteiger partial charge in [0.15, 0.2) is 0 Å². The van der Waals surface area contributed by atoms with Crippen LogP contribution < -0.4 is 9.62 Å². The van der Waals surface area contributed by atoms with E-state index < -0.39 is 10.0 Å². The number of sulfonamides is 1. The van der Waals surface area contributed by atoms with E-state index in [0.29, 0.717) is 17.8 Å². The molecule has 0 saturated heterocycles. The van der Waals surface area contributed by atoms with Crippen molar-refractivity contribution < 1.29 is 13.2 Å². The topological polar surface area (TPSA) is 66.5 Å². The zero-order valence-corrected chi connectivity index (χ0v) is 20.2. The number of carbonyl (C=O) groups is 1. The molecular weight excluding hydrogens is 440 g/mol. The summed E-state index contributed by atoms with van der Waals surface area (Å²) >= 11 is 1.77. The van der Waals surface area contributed by atoms with E-state index in [1.54, 1.807) is 60.3 Å². The molecule has 168 valence electrons. The lowest BCUT2D eigenvalue weighted by atomic mass is 10.2. The normalized spacial score (nSPS) is 11.2. The largest absolute Gasteiger partial charge is 0.351 e. The first-order valence-corrected chi connectivity index (χ1v) is 12.9. The van der Waals surface area contributed by atoms with Crippen molar-refractivity contribution in [2.45, 2.75) is 24.5 Å². The Morgan fingerprint density at radius 3 is 2.28 bits per heavy atom. The summed E-state index contributed by atoms with van der Waals surface area (Å²) < 4.78 is 26.9. The van der Waals surface area contributed by atoms with Gasteiger partial charge in [0.1, 0.15) is 0 Å². The predicted molar refractivity (Wildman–Crippen MR) is 133 cm³/mol. The van der Waals surface area contributed by atoms with Gasteiger partial charge in [-0.1, -0.05) is 47.5 Å². The second-order valence-corrected chi connectivity index (χ2v) is 10.7. The molecule has 0 heterocycles. The van der Waals surface area contributed by atoms with Crippen LogP contribution in [0.15, 0.2) is 77.7 Å². The second kappa shape index (κ2) is 10.7. The summed E-state index contributed by atoms with van der Waals surface area (Å²) in [5.41, 5.74) is 4.52. The number of benzene rings is 3. The number of nitrogens with zero attached hydrogens (tertiary/aromatic N) is 1. The molecule has 0 aliphatic rings. The molecule has 0 fully saturated rings. The molecule has 0 spiro atoms. The number of anilines is 1. The summed E-state index contributed by atoms with van der Waals surface area (Å²) in [6.07, 6.45) is 0. The van der Waals surface area contributed by atoms with Crippen molar-refractivity contribution in [3.05, 3.63) is 95.1 Å². The summed E-state index contributed by atoms with van der Waals surface area (Å²) in [5.74, 6) is 1.56. The molecule has 3 aromatic carbocycles. The van der Waals surface area contributed by atoms with E-state index in [0.717, 1.165) is 17.1 Å². The van der Waals surface area contributed by atoms with E-state index in [-0.39, 0.29) is 10.8 Å². The molecule has 7 heteroatoms. The zero-order chi connectivity index (χ0) is 23.1. The van der Waals surface area contributed by atoms with Crippen LogP contribution >= 0.6 is 11.8 Å². The quantitative estimate of drug-likeness (QED) is 0.459. The number of aryl methyl sites for hydroxylation is 2. The molecule has 0 atom stereocenters. The Labute approximate surface area is 194 Å². The maximum atomic E-state index is 12.8. The third-order valence-electron chi connectivity index (χ3n) is 5.06. The highest BCUT2D eigenvalue weighted by molar-refractivity contribution is 7.98. The van der Waals surface area contributed by atoms with Gasteiger partial charge in [-0.15, -0.1) is 0 Å². The number of rotatable bonds is 9. The van der Waals surface area contributed by atoms with Gasteiger partial charge in [-0.2, -0.15) is 11.8 Å². The number of hydrogen-bond acceptors (Lipinski definition) is 4. The highest BCUT2D eigenvalue weighted by Crippen LogP contribution is 2.22. The second-order valence-electron chi connectivity index (χ2n) is 7.63. The Kier molecular flexibility index (Phi) is 7.99. The molecule has 1 N–H and O–H groups in total. The van der Waals surface area contributed by atoms with Crippen LogP contribution in [0.1, 0.15) is 27.0 Å². The fourth-order valence-electron chi connectivity index (χ4n) is 3.16. The van der Waals surface area contributed by atoms with Gasteiger partial charge < -0.3 is 5.32 Å². The maximum absolute atomic E-state index is 12.8. The molecule has 32 heavy (non-hydrogen) atoms. The first kappa shape index (κ1) is 23.9. The van der Waals surface area contributed by atoms with E-state index in [9.17, 15) is 13.2 Å². The fraction of sp³-hybridized carbons (Fsp3) is 0.240. The Morgan fingerprint density at radius 2 is 1.62 bits per heavy atom. The Hall–Kier alpha value is -2.77. The van der Waals surface area contributed by atoms with Gasteiger partial charge in [0.25, 0.3) is 15.9 Å². The highest BCUT2D eigenvalue weighted by Gasteiger charge is 2.21. The van der Waals surface area contributed by atoms with E-state index in [2.05, 4.69) is 36.5 Å². The van der Waals surface area contributed by atoms with Gasteiger partial charge in [-0.25, -0.2) is 8.42 Å². The minimum absolute atomic E-state index is 0.170. The SMILES string of the molecule is Cc1ccc(S(=O)(=O)N(C)c2ccc(C(=O)NCCSCc3cccc(C)c3)cc2)cc1. The maximum Gasteiger partial charge on any atom is 0.264 e. The molecule has 0 saturated carbocycles. The minimum atomic E-state index is -3.66. The van der Waals surface area contributed by atoms with Gasteiger partial charge in [-0.3, -0.25) is 9.10 Å². The summed E-state index contributed by atoms with van der Waals surface area (Å²) in [4.78, 5) is 12.6. The molecule has 0 aliphatic heterocycles. The van der Waals surface area contributed by atoms with Gasteiger partial charge in [-0.05, 0) is 55.8 Å². The third kappa shape index (κ3) is 6.14. The molecule has 0 unspecified atom stereocenters. The molecule has 0 aromatic heterocycles. The van der Waals surface area contributed by atoms with Crippen molar-refractivity contribution in [2.75, 3.05) is 23.7 Å². The Bertz CT molecular complexity index is 1160. The first-order valence-electron chi connectivity index (χ1n) is 10.3. The van der Waals surface area contributed by atoms with Gasteiger partial charge in [0, 0.05) is 30.7 Å². The van der Waals surface area contributed by atoms with Crippen LogP contribution in [0.2, 0.25) is 0 Å². The third-order valence-corrected chi connectivity index (χ3v) is 7.89. The number of carbonyl (C=O) groups excluding carboxylic acids is 1. The molecule has 1 amide bonds. The van der Waals surface area contributed by atoms with Crippen molar-refractivity contribution in [2.24, 2.45) is 0 Å². The van der Waals surface area contributed by atoms with E-state index >= 15 is 0 Å². The van der Waals surface area contributed by atoms with E-state index in [1.807, 2.05) is 6.92 Å². The number of thioether (sulfide) groups is 1. The average molecular weight is 469 g/mol. The van der Waals surface area contributed by atoms with Crippen LogP contribution in [-0.4, -0.2) is 33.7 Å². The fourth-order valence-corrected chi connectivity index (χ4v) is 5.16. The van der Waals surface area contributed by atoms with Crippen molar-refractivity contribution in [3.8, 4) is 0 Å². The van der Waals surface area contributed by atoms with Crippen LogP contribution in [-0.2, 0) is 15.8 Å². The lowest BCUT2D eigenvalue weighted by Gasteiger charge is -2.20. The van der Waals surface area contributed by atoms with Crippen LogP contribution in [0.25, 0.3) is 0 Å². The lowest BCUT2D eigenvalue weighted by molar-refractivity contribution is 0.0956. The van der Waals surface area contributed by atoms with Gasteiger partial charge in [0.05, 0.1) is 10.6 Å². The van der Waals surface area contributed by atoms with Gasteiger partial charge >= 0.3 is 0 Å². The minimum Gasteiger partial charge on any atom is -0.351 e. The molecule has 0 bridgehead atoms. The lowest BCUT2D eigenvalue weighted by Crippen LogP contribution is -2.27. The van der Waals surface area contributed by atoms with Crippen LogP contribution in [0.3, 0.4) is 0 Å². The smallest absolute Gasteiger partial charge is 0.264 e.